The second kappa shape index (κ2) is 14.5. The molecule has 0 bridgehead atoms. The number of hydrogen-bond acceptors (Lipinski definition) is 3. The number of fused-ring (bicyclic) bond motifs is 8. The third-order valence-electron chi connectivity index (χ3n) is 15.5. The van der Waals surface area contributed by atoms with E-state index in [1.54, 1.807) is 0 Å². The fraction of sp³-hybridized carbons (Fsp3) is 0.387. The van der Waals surface area contributed by atoms with Crippen molar-refractivity contribution in [2.75, 3.05) is 9.80 Å². The van der Waals surface area contributed by atoms with Gasteiger partial charge in [0, 0.05) is 33.7 Å². The lowest BCUT2D eigenvalue weighted by atomic mass is 9.35. The number of rotatable bonds is 3. The van der Waals surface area contributed by atoms with Gasteiger partial charge >= 0.3 is 0 Å². The minimum absolute atomic E-state index is 0.0317. The van der Waals surface area contributed by atoms with E-state index in [1.165, 1.54) is 78.2 Å². The summed E-state index contributed by atoms with van der Waals surface area (Å²) in [5.74, 6) is 0. The van der Waals surface area contributed by atoms with Gasteiger partial charge in [0.1, 0.15) is 5.58 Å². The molecule has 0 fully saturated rings. The monoisotopic (exact) mass is 871 g/mol. The van der Waals surface area contributed by atoms with Crippen LogP contribution in [0.25, 0.3) is 22.1 Å². The molecule has 2 aliphatic heterocycles. The first-order valence-corrected chi connectivity index (χ1v) is 24.6. The maximum Gasteiger partial charge on any atom is 0.297 e. The van der Waals surface area contributed by atoms with Gasteiger partial charge < -0.3 is 14.2 Å². The second-order valence-corrected chi connectivity index (χ2v) is 25.4. The summed E-state index contributed by atoms with van der Waals surface area (Å²) in [6, 6.07) is 44.8. The average Bonchev–Trinajstić information content (AvgIpc) is 3.62. The van der Waals surface area contributed by atoms with Crippen LogP contribution in [-0.4, -0.2) is 6.71 Å². The minimum atomic E-state index is -0.150. The first kappa shape index (κ1) is 44.4. The molecule has 0 saturated carbocycles. The number of furan rings is 1. The Morgan fingerprint density at radius 1 is 0.500 bits per heavy atom. The standard InChI is InChI=1S/C62H71BN2O/c1-57(2,3)39-22-26-43(27-23-39)64-49-36-42(60(10,11)12)37-50-53(49)63(47-29-28-46-52(55(47)64)62(15,16)33-32-61(46,13)14)56-54(45-35-41(59(7,8)9)25-31-51(45)66-56)65(50)48-30-24-40(58(4,5)6)34-44(48)38-20-18-17-19-21-38/h17-31,34-37H,32-33H2,1-16H3. The van der Waals surface area contributed by atoms with Crippen LogP contribution in [0.5, 0.6) is 0 Å². The Labute approximate surface area is 396 Å². The highest BCUT2D eigenvalue weighted by Crippen LogP contribution is 2.55. The van der Waals surface area contributed by atoms with E-state index < -0.39 is 0 Å². The zero-order valence-corrected chi connectivity index (χ0v) is 42.8. The summed E-state index contributed by atoms with van der Waals surface area (Å²) in [4.78, 5) is 5.29. The third-order valence-corrected chi connectivity index (χ3v) is 15.5. The predicted molar refractivity (Wildman–Crippen MR) is 286 cm³/mol. The zero-order chi connectivity index (χ0) is 47.3. The molecule has 0 saturated heterocycles. The predicted octanol–water partition coefficient (Wildman–Crippen LogP) is 15.7. The molecule has 0 unspecified atom stereocenters. The molecular formula is C62H71BN2O. The van der Waals surface area contributed by atoms with E-state index in [4.69, 9.17) is 4.42 Å². The quantitative estimate of drug-likeness (QED) is 0.165. The van der Waals surface area contributed by atoms with Crippen molar-refractivity contribution in [1.82, 2.24) is 0 Å². The third kappa shape index (κ3) is 6.98. The highest BCUT2D eigenvalue weighted by molar-refractivity contribution is 7.00. The smallest absolute Gasteiger partial charge is 0.297 e. The van der Waals surface area contributed by atoms with Gasteiger partial charge in [0.25, 0.3) is 6.71 Å². The molecule has 7 aromatic rings. The number of anilines is 6. The first-order valence-electron chi connectivity index (χ1n) is 24.6. The summed E-state index contributed by atoms with van der Waals surface area (Å²) in [6.45, 7) is 37.8. The van der Waals surface area contributed by atoms with Gasteiger partial charge in [-0.1, -0.05) is 178 Å². The van der Waals surface area contributed by atoms with Crippen molar-refractivity contribution in [1.29, 1.82) is 0 Å². The molecule has 1 aliphatic carbocycles. The van der Waals surface area contributed by atoms with E-state index in [2.05, 4.69) is 236 Å². The summed E-state index contributed by atoms with van der Waals surface area (Å²) in [5.41, 5.74) is 22.2. The molecule has 0 atom stereocenters. The van der Waals surface area contributed by atoms with E-state index in [1.807, 2.05) is 0 Å². The van der Waals surface area contributed by atoms with Gasteiger partial charge in [-0.25, -0.2) is 0 Å². The number of benzene rings is 6. The maximum atomic E-state index is 7.51. The van der Waals surface area contributed by atoms with E-state index >= 15 is 0 Å². The Kier molecular flexibility index (Phi) is 9.76. The lowest BCUT2D eigenvalue weighted by Gasteiger charge is -2.49. The van der Waals surface area contributed by atoms with Crippen molar-refractivity contribution >= 4 is 68.4 Å². The Morgan fingerprint density at radius 3 is 1.68 bits per heavy atom. The van der Waals surface area contributed by atoms with Crippen LogP contribution in [0.2, 0.25) is 0 Å². The molecule has 66 heavy (non-hydrogen) atoms. The van der Waals surface area contributed by atoms with Crippen LogP contribution in [-0.2, 0) is 32.5 Å². The molecule has 338 valence electrons. The van der Waals surface area contributed by atoms with Crippen LogP contribution in [0.4, 0.5) is 34.1 Å². The van der Waals surface area contributed by atoms with Crippen LogP contribution in [0.15, 0.2) is 120 Å². The van der Waals surface area contributed by atoms with Gasteiger partial charge in [-0.2, -0.15) is 0 Å². The van der Waals surface area contributed by atoms with Crippen molar-refractivity contribution in [3.05, 3.63) is 149 Å². The van der Waals surface area contributed by atoms with E-state index in [9.17, 15) is 0 Å². The lowest BCUT2D eigenvalue weighted by Crippen LogP contribution is -2.61. The van der Waals surface area contributed by atoms with Crippen LogP contribution in [0.1, 0.15) is 157 Å². The number of nitrogens with zero attached hydrogens (tertiary/aromatic N) is 2. The molecule has 1 aromatic heterocycles. The fourth-order valence-electron chi connectivity index (χ4n) is 11.3. The molecule has 10 rings (SSSR count). The van der Waals surface area contributed by atoms with Gasteiger partial charge in [0.15, 0.2) is 0 Å². The van der Waals surface area contributed by atoms with Gasteiger partial charge in [-0.15, -0.1) is 0 Å². The normalized spacial score (nSPS) is 16.5. The SMILES string of the molecule is CC(C)(C)c1ccc(N2c3cc(C(C)(C)C)cc4c3B(c3ccc5c(c32)C(C)(C)CCC5(C)C)c2oc3ccc(C(C)(C)C)cc3c2N4c2ccc(C(C)(C)C)cc2-c2ccccc2)cc1. The number of hydrogen-bond donors (Lipinski definition) is 0. The molecule has 3 aliphatic rings. The Balaban J connectivity index is 1.40. The lowest BCUT2D eigenvalue weighted by molar-refractivity contribution is 0.333. The Morgan fingerprint density at radius 2 is 1.06 bits per heavy atom. The summed E-state index contributed by atoms with van der Waals surface area (Å²) in [6.07, 6.45) is 2.28. The summed E-state index contributed by atoms with van der Waals surface area (Å²) >= 11 is 0. The van der Waals surface area contributed by atoms with Gasteiger partial charge in [0.2, 0.25) is 0 Å². The van der Waals surface area contributed by atoms with Crippen LogP contribution >= 0.6 is 0 Å². The average molecular weight is 871 g/mol. The molecule has 0 spiro atoms. The molecule has 3 nitrogen and oxygen atoms in total. The van der Waals surface area contributed by atoms with Gasteiger partial charge in [-0.05, 0) is 144 Å². The minimum Gasteiger partial charge on any atom is -0.468 e. The van der Waals surface area contributed by atoms with E-state index in [-0.39, 0.29) is 39.2 Å². The second-order valence-electron chi connectivity index (χ2n) is 25.4. The van der Waals surface area contributed by atoms with E-state index in [0.717, 1.165) is 40.8 Å². The van der Waals surface area contributed by atoms with Crippen molar-refractivity contribution < 1.29 is 4.42 Å². The van der Waals surface area contributed by atoms with Crippen LogP contribution < -0.4 is 26.4 Å². The van der Waals surface area contributed by atoms with E-state index in [0.29, 0.717) is 0 Å². The highest BCUT2D eigenvalue weighted by atomic mass is 16.3. The Hall–Kier alpha value is -5.48. The van der Waals surface area contributed by atoms with Crippen molar-refractivity contribution in [3.63, 3.8) is 0 Å². The van der Waals surface area contributed by atoms with Crippen molar-refractivity contribution in [3.8, 4) is 11.1 Å². The first-order chi connectivity index (χ1) is 30.8. The summed E-state index contributed by atoms with van der Waals surface area (Å²) in [5, 5.41) is 1.16. The molecule has 3 heterocycles. The Bertz CT molecular complexity index is 3060. The fourth-order valence-corrected chi connectivity index (χ4v) is 11.3. The topological polar surface area (TPSA) is 19.6 Å². The largest absolute Gasteiger partial charge is 0.468 e. The van der Waals surface area contributed by atoms with Crippen LogP contribution in [0.3, 0.4) is 0 Å². The van der Waals surface area contributed by atoms with Crippen LogP contribution in [0, 0.1) is 0 Å². The van der Waals surface area contributed by atoms with Crippen molar-refractivity contribution in [2.45, 2.75) is 156 Å². The highest BCUT2D eigenvalue weighted by Gasteiger charge is 2.51. The molecule has 6 aromatic carbocycles. The molecule has 4 heteroatoms. The van der Waals surface area contributed by atoms with Crippen molar-refractivity contribution in [2.24, 2.45) is 0 Å². The molecule has 0 radical (unpaired) electrons. The summed E-state index contributed by atoms with van der Waals surface area (Å²) in [7, 11) is 0. The molecule has 0 amide bonds. The molecular weight excluding hydrogens is 800 g/mol. The van der Waals surface area contributed by atoms with Gasteiger partial charge in [-0.3, -0.25) is 0 Å². The zero-order valence-electron chi connectivity index (χ0n) is 42.8. The molecule has 0 N–H and O–H groups in total. The van der Waals surface area contributed by atoms with Gasteiger partial charge in [0.05, 0.1) is 17.0 Å². The summed E-state index contributed by atoms with van der Waals surface area (Å²) < 4.78 is 7.51. The maximum absolute atomic E-state index is 7.51.